The van der Waals surface area contributed by atoms with Crippen LogP contribution in [-0.4, -0.2) is 16.0 Å². The Bertz CT molecular complexity index is 980. The molecule has 0 aliphatic carbocycles. The molecule has 27 heavy (non-hydrogen) atoms. The molecule has 1 amide bonds. The second-order valence-corrected chi connectivity index (χ2v) is 7.58. The smallest absolute Gasteiger partial charge is 0.273 e. The molecular weight excluding hydrogens is 362 g/mol. The minimum absolute atomic E-state index is 0.0457. The molecule has 1 N–H and O–H groups in total. The highest BCUT2D eigenvalue weighted by molar-refractivity contribution is 8.18. The molecule has 0 atom stereocenters. The monoisotopic (exact) mass is 381 g/mol. The molecule has 0 radical (unpaired) electrons. The van der Waals surface area contributed by atoms with E-state index in [1.54, 1.807) is 18.2 Å². The number of nitro groups is 1. The van der Waals surface area contributed by atoms with Gasteiger partial charge >= 0.3 is 0 Å². The number of carbonyl (C=O) groups excluding carboxylic acids is 1. The lowest BCUT2D eigenvalue weighted by atomic mass is 9.99. The molecule has 1 aliphatic rings. The summed E-state index contributed by atoms with van der Waals surface area (Å²) in [7, 11) is 0. The van der Waals surface area contributed by atoms with E-state index >= 15 is 0 Å². The topological polar surface area (TPSA) is 84.6 Å². The number of rotatable bonds is 4. The number of nitro benzene ring substituents is 1. The molecule has 0 aromatic heterocycles. The van der Waals surface area contributed by atoms with E-state index in [0.717, 1.165) is 11.3 Å². The number of hydrogen-bond acceptors (Lipinski definition) is 5. The fourth-order valence-corrected chi connectivity index (χ4v) is 3.59. The standard InChI is InChI=1S/C20H19N3O3S/c1-12(2)16-8-7-14(10-17(16)23(25)26)11-18-19(24)22-20(27-18)21-15-6-4-5-13(3)9-15/h4-12H,1-3H3,(H,21,22,24)/b18-11-. The number of nitrogens with one attached hydrogen (secondary N) is 1. The van der Waals surface area contributed by atoms with Crippen LogP contribution < -0.4 is 5.32 Å². The average Bonchev–Trinajstić information content (AvgIpc) is 2.93. The van der Waals surface area contributed by atoms with Crippen LogP contribution in [0.3, 0.4) is 0 Å². The minimum Gasteiger partial charge on any atom is -0.300 e. The van der Waals surface area contributed by atoms with Crippen molar-refractivity contribution in [1.82, 2.24) is 5.32 Å². The Hall–Kier alpha value is -2.93. The zero-order valence-electron chi connectivity index (χ0n) is 15.2. The van der Waals surface area contributed by atoms with Crippen molar-refractivity contribution >= 4 is 40.3 Å². The molecule has 2 aromatic carbocycles. The van der Waals surface area contributed by atoms with E-state index in [-0.39, 0.29) is 22.4 Å². The van der Waals surface area contributed by atoms with Gasteiger partial charge in [-0.05, 0) is 53.9 Å². The SMILES string of the molecule is Cc1cccc(N=C2NC(=O)/C(=C/c3ccc(C(C)C)c([N+](=O)[O-])c3)S2)c1. The van der Waals surface area contributed by atoms with Crippen molar-refractivity contribution in [3.05, 3.63) is 74.2 Å². The largest absolute Gasteiger partial charge is 0.300 e. The van der Waals surface area contributed by atoms with Gasteiger partial charge in [-0.25, -0.2) is 4.99 Å². The third-order valence-electron chi connectivity index (χ3n) is 4.05. The van der Waals surface area contributed by atoms with Crippen LogP contribution >= 0.6 is 11.8 Å². The summed E-state index contributed by atoms with van der Waals surface area (Å²) in [5.74, 6) is -0.216. The van der Waals surface area contributed by atoms with E-state index in [0.29, 0.717) is 21.2 Å². The van der Waals surface area contributed by atoms with Gasteiger partial charge in [0.1, 0.15) is 0 Å². The normalized spacial score (nSPS) is 17.0. The molecule has 6 nitrogen and oxygen atoms in total. The first-order chi connectivity index (χ1) is 12.8. The number of amidine groups is 1. The molecule has 1 fully saturated rings. The van der Waals surface area contributed by atoms with Gasteiger partial charge in [0.2, 0.25) is 0 Å². The summed E-state index contributed by atoms with van der Waals surface area (Å²) in [6.07, 6.45) is 1.65. The van der Waals surface area contributed by atoms with E-state index in [1.807, 2.05) is 45.0 Å². The molecule has 2 aromatic rings. The van der Waals surface area contributed by atoms with E-state index in [1.165, 1.54) is 17.8 Å². The molecule has 7 heteroatoms. The number of carbonyl (C=O) groups is 1. The Kier molecular flexibility index (Phi) is 5.41. The van der Waals surface area contributed by atoms with Crippen molar-refractivity contribution in [3.8, 4) is 0 Å². The molecule has 0 bridgehead atoms. The fraction of sp³-hybridized carbons (Fsp3) is 0.200. The zero-order valence-corrected chi connectivity index (χ0v) is 16.0. The van der Waals surface area contributed by atoms with Gasteiger partial charge in [-0.15, -0.1) is 0 Å². The minimum atomic E-state index is -0.385. The second-order valence-electron chi connectivity index (χ2n) is 6.55. The van der Waals surface area contributed by atoms with Gasteiger partial charge in [0.25, 0.3) is 11.6 Å². The zero-order chi connectivity index (χ0) is 19.6. The lowest BCUT2D eigenvalue weighted by Crippen LogP contribution is -2.19. The average molecular weight is 381 g/mol. The van der Waals surface area contributed by atoms with Crippen LogP contribution in [0.2, 0.25) is 0 Å². The van der Waals surface area contributed by atoms with Crippen LogP contribution in [0.15, 0.2) is 52.4 Å². The molecule has 0 unspecified atom stereocenters. The Morgan fingerprint density at radius 2 is 2.00 bits per heavy atom. The maximum absolute atomic E-state index is 12.2. The molecule has 3 rings (SSSR count). The number of hydrogen-bond donors (Lipinski definition) is 1. The summed E-state index contributed by atoms with van der Waals surface area (Å²) in [6.45, 7) is 5.80. The Morgan fingerprint density at radius 1 is 1.22 bits per heavy atom. The van der Waals surface area contributed by atoms with E-state index in [2.05, 4.69) is 10.3 Å². The lowest BCUT2D eigenvalue weighted by Gasteiger charge is -2.07. The maximum Gasteiger partial charge on any atom is 0.273 e. The molecule has 1 aliphatic heterocycles. The predicted molar refractivity (Wildman–Crippen MR) is 109 cm³/mol. The number of benzene rings is 2. The van der Waals surface area contributed by atoms with Gasteiger partial charge in [-0.1, -0.05) is 38.1 Å². The highest BCUT2D eigenvalue weighted by Gasteiger charge is 2.24. The van der Waals surface area contributed by atoms with Gasteiger partial charge in [0.05, 0.1) is 15.5 Å². The molecule has 138 valence electrons. The van der Waals surface area contributed by atoms with Crippen molar-refractivity contribution in [1.29, 1.82) is 0 Å². The van der Waals surface area contributed by atoms with Crippen molar-refractivity contribution in [3.63, 3.8) is 0 Å². The third kappa shape index (κ3) is 4.43. The summed E-state index contributed by atoms with van der Waals surface area (Å²) in [6, 6.07) is 12.7. The van der Waals surface area contributed by atoms with Crippen molar-refractivity contribution in [2.45, 2.75) is 26.7 Å². The lowest BCUT2D eigenvalue weighted by molar-refractivity contribution is -0.385. The third-order valence-corrected chi connectivity index (χ3v) is 4.96. The number of aryl methyl sites for hydroxylation is 1. The van der Waals surface area contributed by atoms with Gasteiger partial charge in [-0.2, -0.15) is 0 Å². The van der Waals surface area contributed by atoms with Gasteiger partial charge in [-0.3, -0.25) is 14.9 Å². The number of aliphatic imine (C=N–C) groups is 1. The van der Waals surface area contributed by atoms with Gasteiger partial charge in [0, 0.05) is 11.6 Å². The summed E-state index contributed by atoms with van der Waals surface area (Å²) in [4.78, 5) is 28.1. The molecule has 1 saturated heterocycles. The second kappa shape index (κ2) is 7.75. The van der Waals surface area contributed by atoms with Gasteiger partial charge < -0.3 is 5.32 Å². The molecule has 0 spiro atoms. The number of nitrogens with zero attached hydrogens (tertiary/aromatic N) is 2. The Labute approximate surface area is 161 Å². The number of amides is 1. The molecule has 1 heterocycles. The first-order valence-electron chi connectivity index (χ1n) is 8.48. The highest BCUT2D eigenvalue weighted by atomic mass is 32.2. The highest BCUT2D eigenvalue weighted by Crippen LogP contribution is 2.31. The fourth-order valence-electron chi connectivity index (χ4n) is 2.74. The van der Waals surface area contributed by atoms with E-state index in [9.17, 15) is 14.9 Å². The summed E-state index contributed by atoms with van der Waals surface area (Å²) < 4.78 is 0. The summed E-state index contributed by atoms with van der Waals surface area (Å²) in [5.41, 5.74) is 3.19. The van der Waals surface area contributed by atoms with Crippen LogP contribution in [0.4, 0.5) is 11.4 Å². The van der Waals surface area contributed by atoms with Crippen LogP contribution in [0.5, 0.6) is 0 Å². The van der Waals surface area contributed by atoms with Crippen LogP contribution in [0.1, 0.15) is 36.5 Å². The summed E-state index contributed by atoms with van der Waals surface area (Å²) in [5, 5.41) is 14.6. The Morgan fingerprint density at radius 3 is 2.67 bits per heavy atom. The first kappa shape index (κ1) is 18.8. The van der Waals surface area contributed by atoms with E-state index < -0.39 is 0 Å². The Balaban J connectivity index is 1.88. The molecule has 0 saturated carbocycles. The van der Waals surface area contributed by atoms with Crippen molar-refractivity contribution < 1.29 is 9.72 Å². The van der Waals surface area contributed by atoms with Gasteiger partial charge in [0.15, 0.2) is 5.17 Å². The van der Waals surface area contributed by atoms with E-state index in [4.69, 9.17) is 0 Å². The first-order valence-corrected chi connectivity index (χ1v) is 9.29. The van der Waals surface area contributed by atoms with Crippen LogP contribution in [0.25, 0.3) is 6.08 Å². The molecular formula is C20H19N3O3S. The van der Waals surface area contributed by atoms with Crippen molar-refractivity contribution in [2.75, 3.05) is 0 Å². The quantitative estimate of drug-likeness (QED) is 0.463. The summed E-state index contributed by atoms with van der Waals surface area (Å²) >= 11 is 1.22. The predicted octanol–water partition coefficient (Wildman–Crippen LogP) is 4.92. The van der Waals surface area contributed by atoms with Crippen LogP contribution in [0, 0.1) is 17.0 Å². The number of thioether (sulfide) groups is 1. The van der Waals surface area contributed by atoms with Crippen molar-refractivity contribution in [2.24, 2.45) is 4.99 Å². The van der Waals surface area contributed by atoms with Crippen LogP contribution in [-0.2, 0) is 4.79 Å². The maximum atomic E-state index is 12.2.